The van der Waals surface area contributed by atoms with Crippen molar-refractivity contribution in [2.75, 3.05) is 36.5 Å². The van der Waals surface area contributed by atoms with Crippen LogP contribution >= 0.6 is 0 Å². The van der Waals surface area contributed by atoms with Crippen molar-refractivity contribution in [2.45, 2.75) is 52.7 Å². The molecule has 42 heavy (non-hydrogen) atoms. The van der Waals surface area contributed by atoms with E-state index < -0.39 is 17.7 Å². The number of carbonyl (C=O) groups is 3. The molecule has 3 aromatic rings. The summed E-state index contributed by atoms with van der Waals surface area (Å²) >= 11 is 0. The second-order valence-electron chi connectivity index (χ2n) is 11.3. The van der Waals surface area contributed by atoms with Gasteiger partial charge >= 0.3 is 12.1 Å². The summed E-state index contributed by atoms with van der Waals surface area (Å²) in [6.45, 7) is 8.76. The molecular weight excluding hydrogens is 538 g/mol. The van der Waals surface area contributed by atoms with E-state index in [0.29, 0.717) is 66.7 Å². The summed E-state index contributed by atoms with van der Waals surface area (Å²) in [7, 11) is 1.73. The molecule has 0 bridgehead atoms. The number of hydrogen-bond donors (Lipinski definition) is 1. The number of aromatic carboxylic acids is 1. The van der Waals surface area contributed by atoms with E-state index in [0.717, 1.165) is 11.1 Å². The van der Waals surface area contributed by atoms with Gasteiger partial charge in [-0.1, -0.05) is 0 Å². The zero-order valence-corrected chi connectivity index (χ0v) is 24.5. The molecule has 5 rings (SSSR count). The fourth-order valence-electron chi connectivity index (χ4n) is 5.30. The molecule has 0 unspecified atom stereocenters. The molecule has 11 heteroatoms. The molecule has 1 N–H and O–H groups in total. The topological polar surface area (TPSA) is 125 Å². The number of fused-ring (bicyclic) bond motifs is 3. The highest BCUT2D eigenvalue weighted by molar-refractivity contribution is 6.12. The summed E-state index contributed by atoms with van der Waals surface area (Å²) in [6, 6.07) is 8.70. The largest absolute Gasteiger partial charge is 0.493 e. The Hall–Kier alpha value is -4.67. The lowest BCUT2D eigenvalue weighted by atomic mass is 9.94. The van der Waals surface area contributed by atoms with Gasteiger partial charge < -0.3 is 29.3 Å². The van der Waals surface area contributed by atoms with Crippen LogP contribution in [-0.2, 0) is 24.1 Å². The van der Waals surface area contributed by atoms with Crippen LogP contribution in [0.15, 0.2) is 42.7 Å². The first-order chi connectivity index (χ1) is 20.0. The third kappa shape index (κ3) is 5.59. The standard InChI is InChI=1S/C31H35N5O6/c1-6-36-26-22(28(37)34(5)24-8-7-13-32-27(24)36)16-19(17-33-26)12-15-41-25-10-9-21(29(38)39)23-18-35(14-11-20(23)25)30(40)42-31(2,3)4/h7-10,13,16-17H,6,11-12,14-15,18H2,1-5H3,(H,38,39). The highest BCUT2D eigenvalue weighted by Crippen LogP contribution is 2.37. The maximum Gasteiger partial charge on any atom is 0.410 e. The van der Waals surface area contributed by atoms with E-state index in [4.69, 9.17) is 9.47 Å². The molecule has 11 nitrogen and oxygen atoms in total. The van der Waals surface area contributed by atoms with Gasteiger partial charge in [0.1, 0.15) is 17.2 Å². The summed E-state index contributed by atoms with van der Waals surface area (Å²) in [5.74, 6) is 0.588. The molecule has 2 aliphatic rings. The van der Waals surface area contributed by atoms with Crippen molar-refractivity contribution in [2.24, 2.45) is 0 Å². The third-order valence-electron chi connectivity index (χ3n) is 7.31. The Morgan fingerprint density at radius 3 is 2.60 bits per heavy atom. The zero-order chi connectivity index (χ0) is 30.2. The number of anilines is 3. The average Bonchev–Trinajstić information content (AvgIpc) is 3.04. The molecule has 0 saturated heterocycles. The van der Waals surface area contributed by atoms with Gasteiger partial charge in [-0.3, -0.25) is 4.79 Å². The minimum atomic E-state index is -1.06. The number of carboxylic acids is 1. The second kappa shape index (κ2) is 11.3. The second-order valence-corrected chi connectivity index (χ2v) is 11.3. The number of amides is 2. The van der Waals surface area contributed by atoms with Crippen LogP contribution in [0.5, 0.6) is 5.75 Å². The summed E-state index contributed by atoms with van der Waals surface area (Å²) in [5.41, 5.74) is 2.84. The van der Waals surface area contributed by atoms with Crippen LogP contribution in [0.25, 0.3) is 0 Å². The van der Waals surface area contributed by atoms with Gasteiger partial charge in [0, 0.05) is 44.5 Å². The Bertz CT molecular complexity index is 1550. The normalized spacial score (nSPS) is 14.5. The number of rotatable bonds is 6. The summed E-state index contributed by atoms with van der Waals surface area (Å²) in [4.78, 5) is 52.3. The first-order valence-electron chi connectivity index (χ1n) is 14.0. The van der Waals surface area contributed by atoms with Crippen molar-refractivity contribution in [1.82, 2.24) is 14.9 Å². The van der Waals surface area contributed by atoms with Crippen molar-refractivity contribution >= 4 is 35.3 Å². The monoisotopic (exact) mass is 573 g/mol. The van der Waals surface area contributed by atoms with Crippen LogP contribution in [-0.4, -0.2) is 70.3 Å². The van der Waals surface area contributed by atoms with Gasteiger partial charge in [-0.15, -0.1) is 0 Å². The van der Waals surface area contributed by atoms with Crippen LogP contribution < -0.4 is 14.5 Å². The van der Waals surface area contributed by atoms with Gasteiger partial charge in [0.05, 0.1) is 30.0 Å². The highest BCUT2D eigenvalue weighted by atomic mass is 16.6. The van der Waals surface area contributed by atoms with E-state index in [1.807, 2.05) is 24.0 Å². The minimum absolute atomic E-state index is 0.124. The number of hydrogen-bond acceptors (Lipinski definition) is 8. The average molecular weight is 574 g/mol. The first kappa shape index (κ1) is 28.8. The van der Waals surface area contributed by atoms with Gasteiger partial charge in [-0.25, -0.2) is 19.6 Å². The molecule has 2 aromatic heterocycles. The highest BCUT2D eigenvalue weighted by Gasteiger charge is 2.32. The summed E-state index contributed by atoms with van der Waals surface area (Å²) in [6.07, 6.45) is 3.88. The fourth-order valence-corrected chi connectivity index (χ4v) is 5.30. The first-order valence-corrected chi connectivity index (χ1v) is 14.0. The molecule has 0 spiro atoms. The van der Waals surface area contributed by atoms with Gasteiger partial charge in [0.25, 0.3) is 5.91 Å². The van der Waals surface area contributed by atoms with Crippen molar-refractivity contribution < 1.29 is 29.0 Å². The van der Waals surface area contributed by atoms with Crippen LogP contribution in [0.4, 0.5) is 22.1 Å². The Balaban J connectivity index is 1.34. The molecule has 1 aromatic carbocycles. The van der Waals surface area contributed by atoms with Crippen LogP contribution in [0.2, 0.25) is 0 Å². The fraction of sp³-hybridized carbons (Fsp3) is 0.387. The number of carboxylic acid groups (broad SMARTS) is 1. The zero-order valence-electron chi connectivity index (χ0n) is 24.5. The SMILES string of the molecule is CCN1c2ncc(CCOc3ccc(C(=O)O)c4c3CCN(C(=O)OC(C)(C)C)C4)cc2C(=O)N(C)c2cccnc21. The smallest absolute Gasteiger partial charge is 0.410 e. The van der Waals surface area contributed by atoms with Crippen molar-refractivity contribution in [3.8, 4) is 5.75 Å². The van der Waals surface area contributed by atoms with Gasteiger partial charge in [-0.2, -0.15) is 0 Å². The number of aromatic nitrogens is 2. The number of carbonyl (C=O) groups excluding carboxylic acids is 2. The molecule has 4 heterocycles. The molecule has 2 aliphatic heterocycles. The molecule has 220 valence electrons. The van der Waals surface area contributed by atoms with Crippen LogP contribution in [0, 0.1) is 0 Å². The molecule has 0 radical (unpaired) electrons. The summed E-state index contributed by atoms with van der Waals surface area (Å²) in [5, 5.41) is 9.80. The van der Waals surface area contributed by atoms with E-state index >= 15 is 0 Å². The number of pyridine rings is 2. The van der Waals surface area contributed by atoms with Gasteiger partial charge in [-0.05, 0) is 75.6 Å². The van der Waals surface area contributed by atoms with E-state index in [9.17, 15) is 19.5 Å². The third-order valence-corrected chi connectivity index (χ3v) is 7.31. The van der Waals surface area contributed by atoms with Crippen molar-refractivity contribution in [1.29, 1.82) is 0 Å². The number of nitrogens with zero attached hydrogens (tertiary/aromatic N) is 5. The number of benzene rings is 1. The van der Waals surface area contributed by atoms with E-state index in [1.54, 1.807) is 57.2 Å². The molecule has 2 amide bonds. The molecule has 0 fully saturated rings. The van der Waals surface area contributed by atoms with Crippen molar-refractivity contribution in [3.05, 3.63) is 70.5 Å². The maximum absolute atomic E-state index is 13.4. The number of ether oxygens (including phenoxy) is 2. The molecule has 0 atom stereocenters. The maximum atomic E-state index is 13.4. The Morgan fingerprint density at radius 1 is 1.10 bits per heavy atom. The Kier molecular flexibility index (Phi) is 7.77. The van der Waals surface area contributed by atoms with Crippen molar-refractivity contribution in [3.63, 3.8) is 0 Å². The van der Waals surface area contributed by atoms with E-state index in [2.05, 4.69) is 9.97 Å². The molecule has 0 saturated carbocycles. The quantitative estimate of drug-likeness (QED) is 0.441. The predicted molar refractivity (Wildman–Crippen MR) is 157 cm³/mol. The van der Waals surface area contributed by atoms with E-state index in [-0.39, 0.29) is 18.0 Å². The lowest BCUT2D eigenvalue weighted by molar-refractivity contribution is 0.0220. The molecule has 0 aliphatic carbocycles. The lowest BCUT2D eigenvalue weighted by Crippen LogP contribution is -2.40. The Morgan fingerprint density at radius 2 is 1.88 bits per heavy atom. The van der Waals surface area contributed by atoms with Gasteiger partial charge in [0.2, 0.25) is 0 Å². The van der Waals surface area contributed by atoms with Crippen LogP contribution in [0.1, 0.15) is 65.1 Å². The minimum Gasteiger partial charge on any atom is -0.493 e. The Labute approximate surface area is 244 Å². The van der Waals surface area contributed by atoms with Crippen LogP contribution in [0.3, 0.4) is 0 Å². The van der Waals surface area contributed by atoms with E-state index in [1.165, 1.54) is 11.0 Å². The lowest BCUT2D eigenvalue weighted by Gasteiger charge is -2.32. The molecular formula is C31H35N5O6. The van der Waals surface area contributed by atoms with Gasteiger partial charge in [0.15, 0.2) is 5.82 Å². The predicted octanol–water partition coefficient (Wildman–Crippen LogP) is 4.84. The summed E-state index contributed by atoms with van der Waals surface area (Å²) < 4.78 is 11.7.